The fraction of sp³-hybridized carbons (Fsp3) is 0.471. The van der Waals surface area contributed by atoms with Gasteiger partial charge in [0.05, 0.1) is 0 Å². The average molecular weight is 1350 g/mol. The summed E-state index contributed by atoms with van der Waals surface area (Å²) < 4.78 is 0. The molecule has 0 aliphatic carbocycles. The molecule has 0 spiro atoms. The van der Waals surface area contributed by atoms with Crippen molar-refractivity contribution in [1.29, 1.82) is 0 Å². The van der Waals surface area contributed by atoms with Crippen LogP contribution in [0.4, 0.5) is 0 Å². The number of benzene rings is 12. The molecule has 534 valence electrons. The zero-order valence-electron chi connectivity index (χ0n) is 64.6. The maximum atomic E-state index is 2.69. The molecule has 0 heterocycles. The first-order valence-electron chi connectivity index (χ1n) is 42.8. The van der Waals surface area contributed by atoms with Crippen LogP contribution in [-0.2, 0) is 38.5 Å². The Morgan fingerprint density at radius 1 is 0.147 bits per heavy atom. The maximum absolute atomic E-state index is 2.69. The van der Waals surface area contributed by atoms with Gasteiger partial charge >= 0.3 is 0 Å². The van der Waals surface area contributed by atoms with Crippen molar-refractivity contribution in [2.45, 2.75) is 311 Å². The third-order valence-electron chi connectivity index (χ3n) is 24.6. The van der Waals surface area contributed by atoms with Crippen LogP contribution in [-0.4, -0.2) is 0 Å². The summed E-state index contributed by atoms with van der Waals surface area (Å²) in [7, 11) is 0. The summed E-state index contributed by atoms with van der Waals surface area (Å²) in [5.74, 6) is 0. The number of hydrogen-bond acceptors (Lipinski definition) is 0. The predicted octanol–water partition coefficient (Wildman–Crippen LogP) is 32.9. The molecule has 0 nitrogen and oxygen atoms in total. The molecule has 0 aliphatic heterocycles. The lowest BCUT2D eigenvalue weighted by atomic mass is 9.85. The van der Waals surface area contributed by atoms with Crippen LogP contribution >= 0.6 is 0 Å². The second-order valence-electron chi connectivity index (χ2n) is 32.1. The molecule has 13 rings (SSSR count). The molecule has 0 atom stereocenters. The average Bonchev–Trinajstić information content (AvgIpc) is 0.736. The Labute approximate surface area is 615 Å². The van der Waals surface area contributed by atoms with Gasteiger partial charge in [-0.15, -0.1) is 0 Å². The van der Waals surface area contributed by atoms with Crippen molar-refractivity contribution < 1.29 is 0 Å². The minimum absolute atomic E-state index is 1.15. The molecule has 0 unspecified atom stereocenters. The van der Waals surface area contributed by atoms with Crippen LogP contribution in [0.15, 0.2) is 146 Å². The van der Waals surface area contributed by atoms with E-state index in [-0.39, 0.29) is 0 Å². The van der Waals surface area contributed by atoms with E-state index in [1.54, 1.807) is 33.4 Å². The highest BCUT2D eigenvalue weighted by molar-refractivity contribution is 6.31. The van der Waals surface area contributed by atoms with Crippen LogP contribution in [0.5, 0.6) is 0 Å². The normalized spacial score (nSPS) is 12.3. The van der Waals surface area contributed by atoms with Crippen LogP contribution in [0, 0.1) is 0 Å². The van der Waals surface area contributed by atoms with Crippen LogP contribution in [0.2, 0.25) is 0 Å². The van der Waals surface area contributed by atoms with E-state index in [1.165, 1.54) is 393 Å². The summed E-state index contributed by atoms with van der Waals surface area (Å²) in [6.45, 7) is 14.1. The number of fused-ring (bicyclic) bond motifs is 18. The standard InChI is InChI=1S/C102H126/c1-7-13-19-25-31-37-43-73-49-61-90-85-56-50-78-67-92(85)101-72-83(55-62-91(101)102(90)84(73)48-42-36-30-24-18-12-6)82-54-60-89-96-66-77(47-41-35-29-23-17-11-5)76(46-40-34-28-22-16-10-4)65-95(96)88-59-53-81(70-99(88)100(89)71-82)80-52-58-87-94-64-75(45-39-33-27-21-15-9-3)74(44-38-32-26-20-14-8-2)63-93(94)86-57-51-79(78)68-97(86)98(87)69-80/h49-72H,7-48H2,1-6H3. The summed E-state index contributed by atoms with van der Waals surface area (Å²) >= 11 is 0. The highest BCUT2D eigenvalue weighted by Crippen LogP contribution is 2.46. The van der Waals surface area contributed by atoms with Gasteiger partial charge in [-0.3, -0.25) is 0 Å². The highest BCUT2D eigenvalue weighted by atomic mass is 14.2. The first kappa shape index (κ1) is 73.3. The molecule has 102 heavy (non-hydrogen) atoms. The molecule has 0 aliphatic rings. The minimum atomic E-state index is 1.15. The first-order chi connectivity index (χ1) is 50.4. The van der Waals surface area contributed by atoms with Crippen LogP contribution < -0.4 is 0 Å². The quantitative estimate of drug-likeness (QED) is 0.0264. The Balaban J connectivity index is 1.08. The van der Waals surface area contributed by atoms with Gasteiger partial charge in [0.25, 0.3) is 0 Å². The molecule has 12 bridgehead atoms. The molecular formula is C102H126. The van der Waals surface area contributed by atoms with E-state index in [2.05, 4.69) is 187 Å². The van der Waals surface area contributed by atoms with E-state index in [9.17, 15) is 0 Å². The van der Waals surface area contributed by atoms with E-state index in [0.717, 1.165) is 6.42 Å². The maximum Gasteiger partial charge on any atom is -0.00641 e. The van der Waals surface area contributed by atoms with Crippen molar-refractivity contribution in [2.24, 2.45) is 0 Å². The number of hydrogen-bond donors (Lipinski definition) is 0. The second kappa shape index (κ2) is 36.6. The highest BCUT2D eigenvalue weighted by Gasteiger charge is 2.20. The van der Waals surface area contributed by atoms with E-state index >= 15 is 0 Å². The smallest absolute Gasteiger partial charge is 0.00641 e. The van der Waals surface area contributed by atoms with E-state index < -0.39 is 0 Å². The van der Waals surface area contributed by atoms with Crippen molar-refractivity contribution >= 4 is 129 Å². The van der Waals surface area contributed by atoms with Crippen molar-refractivity contribution in [3.63, 3.8) is 0 Å². The molecule has 0 fully saturated rings. The summed E-state index contributed by atoms with van der Waals surface area (Å²) in [5.41, 5.74) is 9.59. The fourth-order valence-corrected chi connectivity index (χ4v) is 18.6. The summed E-state index contributed by atoms with van der Waals surface area (Å²) in [6, 6.07) is 61.7. The molecule has 0 aromatic heterocycles. The van der Waals surface area contributed by atoms with Crippen LogP contribution in [0.3, 0.4) is 0 Å². The lowest BCUT2D eigenvalue weighted by Crippen LogP contribution is -1.99. The predicted molar refractivity (Wildman–Crippen MR) is 459 cm³/mol. The topological polar surface area (TPSA) is 0 Å². The number of unbranched alkanes of at least 4 members (excludes halogenated alkanes) is 30. The molecular weight excluding hydrogens is 1230 g/mol. The molecule has 0 N–H and O–H groups in total. The molecule has 0 saturated heterocycles. The molecule has 0 radical (unpaired) electrons. The van der Waals surface area contributed by atoms with E-state index in [1.807, 2.05) is 0 Å². The summed E-state index contributed by atoms with van der Waals surface area (Å²) in [4.78, 5) is 0. The zero-order valence-corrected chi connectivity index (χ0v) is 64.6. The third kappa shape index (κ3) is 16.9. The second-order valence-corrected chi connectivity index (χ2v) is 32.1. The Morgan fingerprint density at radius 3 is 0.608 bits per heavy atom. The van der Waals surface area contributed by atoms with Gasteiger partial charge in [0.2, 0.25) is 0 Å². The minimum Gasteiger partial charge on any atom is -0.0654 e. The fourth-order valence-electron chi connectivity index (χ4n) is 18.6. The van der Waals surface area contributed by atoms with Crippen LogP contribution in [0.25, 0.3) is 129 Å². The number of rotatable bonds is 42. The lowest BCUT2D eigenvalue weighted by Gasteiger charge is -2.19. The molecule has 13 aromatic carbocycles. The lowest BCUT2D eigenvalue weighted by molar-refractivity contribution is 0.599. The van der Waals surface area contributed by atoms with Crippen molar-refractivity contribution in [2.75, 3.05) is 0 Å². The number of aryl methyl sites for hydroxylation is 6. The monoisotopic (exact) mass is 1350 g/mol. The van der Waals surface area contributed by atoms with Gasteiger partial charge in [-0.05, 0) is 276 Å². The summed E-state index contributed by atoms with van der Waals surface area (Å²) in [6.07, 6.45) is 54.6. The molecule has 13 aromatic rings. The van der Waals surface area contributed by atoms with Crippen molar-refractivity contribution in [3.8, 4) is 0 Å². The Morgan fingerprint density at radius 2 is 0.333 bits per heavy atom. The molecule has 0 saturated carbocycles. The van der Waals surface area contributed by atoms with Gasteiger partial charge in [0, 0.05) is 0 Å². The summed E-state index contributed by atoms with van der Waals surface area (Å²) in [5, 5.41) is 33.0. The molecule has 0 heteroatoms. The SMILES string of the molecule is CCCCCCCCc1cc2c3ccc4cc3c3cc(ccc3c2cc1CCCCCCCC)c1ccc2c(c1)c1cc(ccc1c1c(CCCCCCCC)c(CCCCCCCC)ccc21)c1ccc2c3cc(CCCCCCCC)c(CCCCCCCC)cc3c3ccc4cc3c2c1. The van der Waals surface area contributed by atoms with Crippen molar-refractivity contribution in [1.82, 2.24) is 0 Å². The zero-order chi connectivity index (χ0) is 70.0. The van der Waals surface area contributed by atoms with Gasteiger partial charge in [-0.25, -0.2) is 0 Å². The Kier molecular flexibility index (Phi) is 26.3. The van der Waals surface area contributed by atoms with Crippen LogP contribution in [0.1, 0.15) is 306 Å². The van der Waals surface area contributed by atoms with Gasteiger partial charge in [0.15, 0.2) is 0 Å². The Hall–Kier alpha value is -7.02. The first-order valence-corrected chi connectivity index (χ1v) is 42.8. The third-order valence-corrected chi connectivity index (χ3v) is 24.6. The van der Waals surface area contributed by atoms with Gasteiger partial charge in [-0.2, -0.15) is 0 Å². The van der Waals surface area contributed by atoms with Gasteiger partial charge < -0.3 is 0 Å². The van der Waals surface area contributed by atoms with Crippen molar-refractivity contribution in [3.05, 3.63) is 179 Å². The molecule has 0 amide bonds. The van der Waals surface area contributed by atoms with E-state index in [4.69, 9.17) is 0 Å². The van der Waals surface area contributed by atoms with Gasteiger partial charge in [0.1, 0.15) is 0 Å². The van der Waals surface area contributed by atoms with E-state index in [0.29, 0.717) is 0 Å². The van der Waals surface area contributed by atoms with Gasteiger partial charge in [-0.1, -0.05) is 343 Å². The largest absolute Gasteiger partial charge is 0.0654 e. The Bertz CT molecular complexity index is 4790.